The molecule has 0 bridgehead atoms. The predicted octanol–water partition coefficient (Wildman–Crippen LogP) is 1.56. The van der Waals surface area contributed by atoms with E-state index in [1.807, 2.05) is 0 Å². The van der Waals surface area contributed by atoms with Crippen LogP contribution < -0.4 is 16.4 Å². The molecule has 1 aliphatic heterocycles. The second-order valence-corrected chi connectivity index (χ2v) is 7.90. The van der Waals surface area contributed by atoms with Crippen LogP contribution in [0.4, 0.5) is 5.69 Å². The number of para-hydroxylation sites is 1. The maximum Gasteiger partial charge on any atom is 0.267 e. The van der Waals surface area contributed by atoms with Gasteiger partial charge in [0.25, 0.3) is 5.91 Å². The number of likely N-dealkylation sites (tertiary alicyclic amines) is 1. The SMILES string of the molecule is CC1=CC(NC(=O)C2CCCN2C(=O)CNc2ccccc2C(=N)C(N)=O)CCC1. The second kappa shape index (κ2) is 9.56. The number of anilines is 1. The molecule has 2 aliphatic rings. The van der Waals surface area contributed by atoms with Gasteiger partial charge in [-0.1, -0.05) is 29.8 Å². The monoisotopic (exact) mass is 411 g/mol. The Morgan fingerprint density at radius 3 is 2.70 bits per heavy atom. The van der Waals surface area contributed by atoms with Crippen molar-refractivity contribution in [1.82, 2.24) is 10.2 Å². The Morgan fingerprint density at radius 1 is 1.20 bits per heavy atom. The molecule has 1 saturated heterocycles. The van der Waals surface area contributed by atoms with Crippen LogP contribution in [-0.4, -0.2) is 53.5 Å². The van der Waals surface area contributed by atoms with Crippen LogP contribution in [0.3, 0.4) is 0 Å². The summed E-state index contributed by atoms with van der Waals surface area (Å²) in [5, 5.41) is 13.9. The number of benzene rings is 1. The molecule has 1 heterocycles. The van der Waals surface area contributed by atoms with Gasteiger partial charge in [0, 0.05) is 23.8 Å². The van der Waals surface area contributed by atoms with E-state index in [-0.39, 0.29) is 30.1 Å². The number of primary amides is 1. The van der Waals surface area contributed by atoms with E-state index in [0.717, 1.165) is 25.7 Å². The van der Waals surface area contributed by atoms with Crippen LogP contribution in [0, 0.1) is 5.41 Å². The Morgan fingerprint density at radius 2 is 1.97 bits per heavy atom. The molecule has 1 aliphatic carbocycles. The summed E-state index contributed by atoms with van der Waals surface area (Å²) in [4.78, 5) is 38.6. The highest BCUT2D eigenvalue weighted by molar-refractivity contribution is 6.44. The van der Waals surface area contributed by atoms with Crippen molar-refractivity contribution in [3.63, 3.8) is 0 Å². The van der Waals surface area contributed by atoms with E-state index in [1.54, 1.807) is 29.2 Å². The number of allylic oxidation sites excluding steroid dienone is 1. The largest absolute Gasteiger partial charge is 0.376 e. The van der Waals surface area contributed by atoms with Crippen LogP contribution in [0.2, 0.25) is 0 Å². The van der Waals surface area contributed by atoms with Crippen molar-refractivity contribution in [3.05, 3.63) is 41.5 Å². The van der Waals surface area contributed by atoms with Crippen LogP contribution in [-0.2, 0) is 14.4 Å². The second-order valence-electron chi connectivity index (χ2n) is 7.90. The molecule has 8 nitrogen and oxygen atoms in total. The van der Waals surface area contributed by atoms with Gasteiger partial charge in [0.05, 0.1) is 6.54 Å². The number of nitrogens with two attached hydrogens (primary N) is 1. The Bertz CT molecular complexity index is 879. The number of amides is 3. The fourth-order valence-corrected chi connectivity index (χ4v) is 4.10. The molecule has 2 atom stereocenters. The molecule has 1 fully saturated rings. The van der Waals surface area contributed by atoms with Gasteiger partial charge in [0.15, 0.2) is 0 Å². The van der Waals surface area contributed by atoms with Gasteiger partial charge in [0.1, 0.15) is 11.8 Å². The number of hydrogen-bond donors (Lipinski definition) is 4. The van der Waals surface area contributed by atoms with Gasteiger partial charge in [-0.25, -0.2) is 0 Å². The maximum absolute atomic E-state index is 12.8. The summed E-state index contributed by atoms with van der Waals surface area (Å²) in [6.07, 6.45) is 6.59. The van der Waals surface area contributed by atoms with Gasteiger partial charge in [-0.3, -0.25) is 19.8 Å². The quantitative estimate of drug-likeness (QED) is 0.401. The molecule has 30 heavy (non-hydrogen) atoms. The zero-order valence-corrected chi connectivity index (χ0v) is 17.2. The topological polar surface area (TPSA) is 128 Å². The van der Waals surface area contributed by atoms with Crippen molar-refractivity contribution in [1.29, 1.82) is 5.41 Å². The first kappa shape index (κ1) is 21.5. The average molecular weight is 412 g/mol. The number of carbonyl (C=O) groups excluding carboxylic acids is 3. The minimum Gasteiger partial charge on any atom is -0.376 e. The van der Waals surface area contributed by atoms with Crippen LogP contribution in [0.5, 0.6) is 0 Å². The lowest BCUT2D eigenvalue weighted by atomic mass is 9.96. The molecule has 2 unspecified atom stereocenters. The number of carbonyl (C=O) groups is 3. The van der Waals surface area contributed by atoms with Crippen LogP contribution in [0.15, 0.2) is 35.9 Å². The van der Waals surface area contributed by atoms with Crippen molar-refractivity contribution < 1.29 is 14.4 Å². The summed E-state index contributed by atoms with van der Waals surface area (Å²) in [5.74, 6) is -1.13. The van der Waals surface area contributed by atoms with Crippen molar-refractivity contribution in [2.45, 2.75) is 51.1 Å². The molecule has 160 valence electrons. The third-order valence-electron chi connectivity index (χ3n) is 5.65. The molecule has 1 aromatic rings. The van der Waals surface area contributed by atoms with Gasteiger partial charge < -0.3 is 21.3 Å². The molecule has 3 rings (SSSR count). The Labute approximate surface area is 176 Å². The van der Waals surface area contributed by atoms with E-state index in [4.69, 9.17) is 11.1 Å². The predicted molar refractivity (Wildman–Crippen MR) is 115 cm³/mol. The molecule has 5 N–H and O–H groups in total. The van der Waals surface area contributed by atoms with Gasteiger partial charge >= 0.3 is 0 Å². The van der Waals surface area contributed by atoms with E-state index in [9.17, 15) is 14.4 Å². The smallest absolute Gasteiger partial charge is 0.267 e. The highest BCUT2D eigenvalue weighted by Gasteiger charge is 2.34. The Kier molecular flexibility index (Phi) is 6.87. The van der Waals surface area contributed by atoms with E-state index in [2.05, 4.69) is 23.6 Å². The zero-order chi connectivity index (χ0) is 21.7. The van der Waals surface area contributed by atoms with Crippen molar-refractivity contribution in [2.24, 2.45) is 5.73 Å². The third kappa shape index (κ3) is 5.06. The van der Waals surface area contributed by atoms with Gasteiger partial charge in [-0.05, 0) is 45.1 Å². The Hall–Kier alpha value is -3.16. The fourth-order valence-electron chi connectivity index (χ4n) is 4.10. The first-order chi connectivity index (χ1) is 14.4. The molecule has 0 radical (unpaired) electrons. The minimum absolute atomic E-state index is 0.0325. The lowest BCUT2D eigenvalue weighted by molar-refractivity contribution is -0.137. The standard InChI is InChI=1S/C22H29N5O3/c1-14-6-4-7-15(12-14)26-22(30)18-10-5-11-27(18)19(28)13-25-17-9-3-2-8-16(17)20(23)21(24)29/h2-3,8-9,12,15,18,23,25H,4-7,10-11,13H2,1H3,(H2,24,29)(H,26,30). The van der Waals surface area contributed by atoms with Crippen molar-refractivity contribution in [3.8, 4) is 0 Å². The molecule has 0 aromatic heterocycles. The molecule has 3 amide bonds. The first-order valence-corrected chi connectivity index (χ1v) is 10.4. The summed E-state index contributed by atoms with van der Waals surface area (Å²) in [6, 6.07) is 6.30. The highest BCUT2D eigenvalue weighted by atomic mass is 16.2. The molecule has 0 saturated carbocycles. The van der Waals surface area contributed by atoms with E-state index < -0.39 is 11.9 Å². The third-order valence-corrected chi connectivity index (χ3v) is 5.65. The molecule has 8 heteroatoms. The van der Waals surface area contributed by atoms with Crippen molar-refractivity contribution >= 4 is 29.1 Å². The van der Waals surface area contributed by atoms with E-state index >= 15 is 0 Å². The number of nitrogens with one attached hydrogen (secondary N) is 3. The molecule has 1 aromatic carbocycles. The lowest BCUT2D eigenvalue weighted by Gasteiger charge is -2.27. The first-order valence-electron chi connectivity index (χ1n) is 10.4. The molecule has 0 spiro atoms. The van der Waals surface area contributed by atoms with Gasteiger partial charge in [-0.15, -0.1) is 0 Å². The average Bonchev–Trinajstić information content (AvgIpc) is 3.22. The summed E-state index contributed by atoms with van der Waals surface area (Å²) < 4.78 is 0. The Balaban J connectivity index is 1.61. The summed E-state index contributed by atoms with van der Waals surface area (Å²) in [5.41, 5.74) is 7.01. The summed E-state index contributed by atoms with van der Waals surface area (Å²) in [6.45, 7) is 2.58. The number of nitrogens with zero attached hydrogens (tertiary/aromatic N) is 1. The molecular formula is C22H29N5O3. The van der Waals surface area contributed by atoms with Crippen LogP contribution >= 0.6 is 0 Å². The van der Waals surface area contributed by atoms with Crippen molar-refractivity contribution in [2.75, 3.05) is 18.4 Å². The molecular weight excluding hydrogens is 382 g/mol. The number of hydrogen-bond acceptors (Lipinski definition) is 5. The minimum atomic E-state index is -0.834. The highest BCUT2D eigenvalue weighted by Crippen LogP contribution is 2.21. The van der Waals surface area contributed by atoms with Crippen LogP contribution in [0.25, 0.3) is 0 Å². The zero-order valence-electron chi connectivity index (χ0n) is 17.2. The van der Waals surface area contributed by atoms with E-state index in [0.29, 0.717) is 24.2 Å². The lowest BCUT2D eigenvalue weighted by Crippen LogP contribution is -2.50. The van der Waals surface area contributed by atoms with Gasteiger partial charge in [0.2, 0.25) is 11.8 Å². The maximum atomic E-state index is 12.8. The normalized spacial score (nSPS) is 21.0. The fraction of sp³-hybridized carbons (Fsp3) is 0.455. The van der Waals surface area contributed by atoms with E-state index in [1.165, 1.54) is 5.57 Å². The summed E-state index contributed by atoms with van der Waals surface area (Å²) in [7, 11) is 0. The summed E-state index contributed by atoms with van der Waals surface area (Å²) >= 11 is 0. The van der Waals surface area contributed by atoms with Crippen LogP contribution in [0.1, 0.15) is 44.6 Å². The number of rotatable bonds is 7. The van der Waals surface area contributed by atoms with Gasteiger partial charge in [-0.2, -0.15) is 0 Å².